The third-order valence-electron chi connectivity index (χ3n) is 3.83. The zero-order valence-electron chi connectivity index (χ0n) is 12.1. The summed E-state index contributed by atoms with van der Waals surface area (Å²) in [7, 11) is 0. The monoisotopic (exact) mass is 292 g/mol. The second-order valence-corrected chi connectivity index (χ2v) is 7.03. The largest absolute Gasteiger partial charge is 0.338 e. The highest BCUT2D eigenvalue weighted by Gasteiger charge is 2.36. The van der Waals surface area contributed by atoms with Crippen LogP contribution in [-0.2, 0) is 6.42 Å². The molecule has 1 unspecified atom stereocenters. The third kappa shape index (κ3) is 2.76. The maximum atomic E-state index is 5.47. The quantitative estimate of drug-likeness (QED) is 0.942. The molecule has 5 nitrogen and oxygen atoms in total. The van der Waals surface area contributed by atoms with Gasteiger partial charge in [-0.3, -0.25) is 0 Å². The van der Waals surface area contributed by atoms with Crippen molar-refractivity contribution in [2.45, 2.75) is 46.1 Å². The van der Waals surface area contributed by atoms with Gasteiger partial charge in [-0.2, -0.15) is 4.98 Å². The maximum absolute atomic E-state index is 5.47. The van der Waals surface area contributed by atoms with Crippen molar-refractivity contribution in [1.29, 1.82) is 0 Å². The van der Waals surface area contributed by atoms with Crippen molar-refractivity contribution >= 4 is 11.3 Å². The van der Waals surface area contributed by atoms with Crippen LogP contribution in [0.15, 0.2) is 9.90 Å². The molecule has 1 aliphatic heterocycles. The van der Waals surface area contributed by atoms with E-state index in [2.05, 4.69) is 34.3 Å². The van der Waals surface area contributed by atoms with Crippen molar-refractivity contribution in [3.8, 4) is 0 Å². The Hall–Kier alpha value is -1.27. The Labute approximate surface area is 122 Å². The molecule has 3 rings (SSSR count). The summed E-state index contributed by atoms with van der Waals surface area (Å²) in [5.74, 6) is 1.43. The normalized spacial score (nSPS) is 22.1. The number of rotatable bonds is 3. The van der Waals surface area contributed by atoms with Gasteiger partial charge in [-0.25, -0.2) is 4.98 Å². The van der Waals surface area contributed by atoms with Gasteiger partial charge in [-0.05, 0) is 31.7 Å². The summed E-state index contributed by atoms with van der Waals surface area (Å²) in [6.45, 7) is 7.50. The number of nitrogens with zero attached hydrogens (tertiary/aromatic N) is 3. The Balaban J connectivity index is 1.76. The van der Waals surface area contributed by atoms with Crippen LogP contribution in [0, 0.1) is 12.3 Å². The predicted octanol–water partition coefficient (Wildman–Crippen LogP) is 2.88. The van der Waals surface area contributed by atoms with Gasteiger partial charge in [0.1, 0.15) is 5.01 Å². The Morgan fingerprint density at radius 1 is 1.45 bits per heavy atom. The molecule has 108 valence electrons. The molecule has 20 heavy (non-hydrogen) atoms. The molecule has 0 bridgehead atoms. The SMILES string of the molecule is Cc1csc(Cc2noc(C3NCCCC3(C)C)n2)n1. The first-order chi connectivity index (χ1) is 9.54. The Bertz CT molecular complexity index is 590. The zero-order valence-corrected chi connectivity index (χ0v) is 13.0. The van der Waals surface area contributed by atoms with Crippen molar-refractivity contribution in [2.24, 2.45) is 5.41 Å². The van der Waals surface area contributed by atoms with E-state index in [1.165, 1.54) is 12.8 Å². The molecule has 2 aromatic heterocycles. The van der Waals surface area contributed by atoms with Crippen LogP contribution in [0.1, 0.15) is 55.1 Å². The van der Waals surface area contributed by atoms with Crippen molar-refractivity contribution in [1.82, 2.24) is 20.4 Å². The van der Waals surface area contributed by atoms with Crippen LogP contribution in [0.2, 0.25) is 0 Å². The summed E-state index contributed by atoms with van der Waals surface area (Å²) in [6.07, 6.45) is 3.02. The van der Waals surface area contributed by atoms with Crippen LogP contribution >= 0.6 is 11.3 Å². The highest BCUT2D eigenvalue weighted by molar-refractivity contribution is 7.09. The molecule has 1 N–H and O–H groups in total. The fraction of sp³-hybridized carbons (Fsp3) is 0.643. The number of hydrogen-bond donors (Lipinski definition) is 1. The molecule has 1 atom stereocenters. The summed E-state index contributed by atoms with van der Waals surface area (Å²) < 4.78 is 5.47. The van der Waals surface area contributed by atoms with Gasteiger partial charge in [-0.15, -0.1) is 11.3 Å². The fourth-order valence-electron chi connectivity index (χ4n) is 2.71. The third-order valence-corrected chi connectivity index (χ3v) is 4.80. The van der Waals surface area contributed by atoms with E-state index in [9.17, 15) is 0 Å². The topological polar surface area (TPSA) is 63.8 Å². The summed E-state index contributed by atoms with van der Waals surface area (Å²) in [4.78, 5) is 9.00. The van der Waals surface area contributed by atoms with Crippen LogP contribution in [0.25, 0.3) is 0 Å². The minimum absolute atomic E-state index is 0.149. The van der Waals surface area contributed by atoms with E-state index in [-0.39, 0.29) is 11.5 Å². The minimum atomic E-state index is 0.149. The standard InChI is InChI=1S/C14H20N4OS/c1-9-8-20-11(16-9)7-10-17-13(19-18-10)12-14(2,3)5-4-6-15-12/h8,12,15H,4-7H2,1-3H3. The van der Waals surface area contributed by atoms with E-state index in [0.717, 1.165) is 23.1 Å². The molecule has 1 saturated heterocycles. The average molecular weight is 292 g/mol. The lowest BCUT2D eigenvalue weighted by Crippen LogP contribution is -2.39. The van der Waals surface area contributed by atoms with Gasteiger partial charge in [0.25, 0.3) is 0 Å². The van der Waals surface area contributed by atoms with E-state index in [4.69, 9.17) is 4.52 Å². The number of nitrogens with one attached hydrogen (secondary N) is 1. The maximum Gasteiger partial charge on any atom is 0.244 e. The smallest absolute Gasteiger partial charge is 0.244 e. The van der Waals surface area contributed by atoms with Gasteiger partial charge in [0.2, 0.25) is 5.89 Å². The Kier molecular flexibility index (Phi) is 3.60. The average Bonchev–Trinajstić information content (AvgIpc) is 2.99. The first kappa shape index (κ1) is 13.7. The molecule has 2 aromatic rings. The lowest BCUT2D eigenvalue weighted by molar-refractivity contribution is 0.146. The molecular formula is C14H20N4OS. The molecule has 3 heterocycles. The zero-order chi connectivity index (χ0) is 14.2. The molecule has 0 saturated carbocycles. The molecule has 0 aliphatic carbocycles. The van der Waals surface area contributed by atoms with E-state index in [1.54, 1.807) is 11.3 Å². The van der Waals surface area contributed by atoms with E-state index >= 15 is 0 Å². The number of thiazole rings is 1. The van der Waals surface area contributed by atoms with Crippen LogP contribution in [0.3, 0.4) is 0 Å². The summed E-state index contributed by atoms with van der Waals surface area (Å²) in [5, 5.41) is 10.7. The number of hydrogen-bond acceptors (Lipinski definition) is 6. The van der Waals surface area contributed by atoms with Gasteiger partial charge >= 0.3 is 0 Å². The molecule has 0 radical (unpaired) electrons. The van der Waals surface area contributed by atoms with Gasteiger partial charge in [0, 0.05) is 11.1 Å². The minimum Gasteiger partial charge on any atom is -0.338 e. The number of piperidine rings is 1. The fourth-order valence-corrected chi connectivity index (χ4v) is 3.48. The first-order valence-corrected chi connectivity index (χ1v) is 7.89. The second-order valence-electron chi connectivity index (χ2n) is 6.09. The highest BCUT2D eigenvalue weighted by Crippen LogP contribution is 2.39. The lowest BCUT2D eigenvalue weighted by Gasteiger charge is -2.36. The summed E-state index contributed by atoms with van der Waals surface area (Å²) in [6, 6.07) is 0.149. The first-order valence-electron chi connectivity index (χ1n) is 7.01. The Morgan fingerprint density at radius 3 is 3.00 bits per heavy atom. The van der Waals surface area contributed by atoms with Crippen LogP contribution in [-0.4, -0.2) is 21.7 Å². The molecule has 6 heteroatoms. The van der Waals surface area contributed by atoms with Crippen molar-refractivity contribution in [2.75, 3.05) is 6.54 Å². The van der Waals surface area contributed by atoms with Crippen LogP contribution in [0.4, 0.5) is 0 Å². The number of aryl methyl sites for hydroxylation is 1. The second kappa shape index (κ2) is 5.26. The van der Waals surface area contributed by atoms with Crippen LogP contribution in [0.5, 0.6) is 0 Å². The predicted molar refractivity (Wildman–Crippen MR) is 77.7 cm³/mol. The van der Waals surface area contributed by atoms with E-state index in [1.807, 2.05) is 12.3 Å². The van der Waals surface area contributed by atoms with Crippen molar-refractivity contribution < 1.29 is 4.52 Å². The van der Waals surface area contributed by atoms with E-state index < -0.39 is 0 Å². The van der Waals surface area contributed by atoms with Gasteiger partial charge < -0.3 is 9.84 Å². The molecule has 1 fully saturated rings. The molecule has 1 aliphatic rings. The van der Waals surface area contributed by atoms with Crippen LogP contribution < -0.4 is 5.32 Å². The van der Waals surface area contributed by atoms with Gasteiger partial charge in [0.15, 0.2) is 5.82 Å². The highest BCUT2D eigenvalue weighted by atomic mass is 32.1. The molecule has 0 aromatic carbocycles. The molecule has 0 amide bonds. The van der Waals surface area contributed by atoms with Gasteiger partial charge in [0.05, 0.1) is 12.5 Å². The molecular weight excluding hydrogens is 272 g/mol. The van der Waals surface area contributed by atoms with Crippen molar-refractivity contribution in [3.63, 3.8) is 0 Å². The van der Waals surface area contributed by atoms with Gasteiger partial charge in [-0.1, -0.05) is 19.0 Å². The van der Waals surface area contributed by atoms with E-state index in [0.29, 0.717) is 12.3 Å². The van der Waals surface area contributed by atoms with Crippen molar-refractivity contribution in [3.05, 3.63) is 27.8 Å². The number of aromatic nitrogens is 3. The lowest BCUT2D eigenvalue weighted by atomic mass is 9.77. The Morgan fingerprint density at radius 2 is 2.30 bits per heavy atom. The summed E-state index contributed by atoms with van der Waals surface area (Å²) >= 11 is 1.64. The molecule has 0 spiro atoms. The summed E-state index contributed by atoms with van der Waals surface area (Å²) in [5.41, 5.74) is 1.20.